The predicted molar refractivity (Wildman–Crippen MR) is 146 cm³/mol. The lowest BCUT2D eigenvalue weighted by atomic mass is 9.96. The monoisotopic (exact) mass is 494 g/mol. The molecule has 5 nitrogen and oxygen atoms in total. The molecule has 1 heterocycles. The molecule has 0 unspecified atom stereocenters. The molecule has 0 atom stereocenters. The standard InChI is InChI=1S/C29H36F2N4O/c1-8-11-26(22(9-2)16-19(3)21(5)36)34-29(32-6)33-17-24(28(30)31)15-14-23-12-10-13-25-18-35(7)20(4)27(23)25/h8,10-13,16-17,28H,4,6,9,14-15,18H2,1-3,5,7H3,(H,33,34)/b11-8-,19-16+,24-17+,26-22+. The number of fused-ring (bicyclic) bond motifs is 1. The first kappa shape index (κ1) is 28.6. The van der Waals surface area contributed by atoms with Crippen LogP contribution < -0.4 is 5.32 Å². The molecule has 0 amide bonds. The highest BCUT2D eigenvalue weighted by Crippen LogP contribution is 2.34. The average molecular weight is 495 g/mol. The van der Waals surface area contributed by atoms with Crippen molar-refractivity contribution in [2.75, 3.05) is 7.05 Å². The van der Waals surface area contributed by atoms with Crippen LogP contribution in [0.2, 0.25) is 0 Å². The van der Waals surface area contributed by atoms with Crippen molar-refractivity contribution in [1.82, 2.24) is 10.2 Å². The van der Waals surface area contributed by atoms with Gasteiger partial charge in [0, 0.05) is 42.3 Å². The molecule has 1 aliphatic rings. The summed E-state index contributed by atoms with van der Waals surface area (Å²) in [6, 6.07) is 5.96. The van der Waals surface area contributed by atoms with Crippen LogP contribution >= 0.6 is 0 Å². The maximum Gasteiger partial charge on any atom is 0.261 e. The minimum absolute atomic E-state index is 0.0275. The Balaban J connectivity index is 2.31. The first-order valence-electron chi connectivity index (χ1n) is 12.0. The summed E-state index contributed by atoms with van der Waals surface area (Å²) in [6.07, 6.45) is 5.21. The third-order valence-corrected chi connectivity index (χ3v) is 6.11. The summed E-state index contributed by atoms with van der Waals surface area (Å²) >= 11 is 0. The van der Waals surface area contributed by atoms with E-state index in [1.54, 1.807) is 13.0 Å². The lowest BCUT2D eigenvalue weighted by Gasteiger charge is -2.13. The highest BCUT2D eigenvalue weighted by molar-refractivity contribution is 5.93. The van der Waals surface area contributed by atoms with Crippen molar-refractivity contribution in [2.45, 2.75) is 59.9 Å². The fourth-order valence-electron chi connectivity index (χ4n) is 3.92. The van der Waals surface area contributed by atoms with E-state index in [9.17, 15) is 13.6 Å². The summed E-state index contributed by atoms with van der Waals surface area (Å²) in [4.78, 5) is 21.8. The van der Waals surface area contributed by atoms with Crippen LogP contribution in [0.1, 0.15) is 57.2 Å². The Morgan fingerprint density at radius 3 is 2.61 bits per heavy atom. The number of nitrogens with one attached hydrogen (secondary N) is 1. The molecule has 1 aromatic carbocycles. The van der Waals surface area contributed by atoms with Crippen molar-refractivity contribution in [1.29, 1.82) is 0 Å². The zero-order valence-electron chi connectivity index (χ0n) is 21.9. The Morgan fingerprint density at radius 1 is 1.31 bits per heavy atom. The minimum Gasteiger partial charge on any atom is -0.370 e. The quantitative estimate of drug-likeness (QED) is 0.172. The number of aliphatic imine (C=N–C) groups is 2. The number of hydrogen-bond donors (Lipinski definition) is 1. The number of ketones is 1. The highest BCUT2D eigenvalue weighted by atomic mass is 19.3. The van der Waals surface area contributed by atoms with E-state index in [0.29, 0.717) is 24.1 Å². The number of allylic oxidation sites excluding steroid dienone is 6. The van der Waals surface area contributed by atoms with Gasteiger partial charge in [0.2, 0.25) is 5.96 Å². The number of nitrogens with zero attached hydrogens (tertiary/aromatic N) is 3. The SMILES string of the molecule is C=N/C(=N\C=C(/CCc1cccc2c1C(=C)N(C)C2)C(F)F)NC(/C=C\C)=C(/C=C(\C)C(C)=O)CC. The molecule has 1 aliphatic heterocycles. The predicted octanol–water partition coefficient (Wildman–Crippen LogP) is 6.61. The van der Waals surface area contributed by atoms with E-state index in [1.165, 1.54) is 13.1 Å². The first-order valence-corrected chi connectivity index (χ1v) is 12.0. The Morgan fingerprint density at radius 2 is 2.03 bits per heavy atom. The number of rotatable bonds is 10. The Kier molecular flexibility index (Phi) is 10.7. The molecule has 1 N–H and O–H groups in total. The first-order chi connectivity index (χ1) is 17.1. The molecule has 192 valence electrons. The van der Waals surface area contributed by atoms with E-state index in [2.05, 4.69) is 33.5 Å². The average Bonchev–Trinajstić information content (AvgIpc) is 3.14. The number of hydrogen-bond acceptors (Lipinski definition) is 3. The molecule has 0 saturated carbocycles. The Hall–Kier alpha value is -3.61. The van der Waals surface area contributed by atoms with Crippen molar-refractivity contribution < 1.29 is 13.6 Å². The van der Waals surface area contributed by atoms with E-state index in [4.69, 9.17) is 0 Å². The van der Waals surface area contributed by atoms with Gasteiger partial charge in [-0.15, -0.1) is 0 Å². The molecule has 0 aliphatic carbocycles. The van der Waals surface area contributed by atoms with Crippen LogP contribution in [0.5, 0.6) is 0 Å². The maximum absolute atomic E-state index is 13.9. The smallest absolute Gasteiger partial charge is 0.261 e. The normalized spacial score (nSPS) is 15.5. The third-order valence-electron chi connectivity index (χ3n) is 6.11. The fourth-order valence-corrected chi connectivity index (χ4v) is 3.92. The number of carbonyl (C=O) groups is 1. The summed E-state index contributed by atoms with van der Waals surface area (Å²) < 4.78 is 27.7. The Bertz CT molecular complexity index is 1160. The van der Waals surface area contributed by atoms with E-state index in [1.807, 2.05) is 51.2 Å². The zero-order chi connectivity index (χ0) is 26.8. The maximum atomic E-state index is 13.9. The van der Waals surface area contributed by atoms with Crippen LogP contribution in [0.25, 0.3) is 5.70 Å². The van der Waals surface area contributed by atoms with Gasteiger partial charge in [-0.2, -0.15) is 0 Å². The summed E-state index contributed by atoms with van der Waals surface area (Å²) in [5, 5.41) is 3.06. The van der Waals surface area contributed by atoms with Gasteiger partial charge in [0.15, 0.2) is 5.78 Å². The molecule has 0 spiro atoms. The van der Waals surface area contributed by atoms with Gasteiger partial charge in [0.25, 0.3) is 6.43 Å². The van der Waals surface area contributed by atoms with E-state index in [0.717, 1.165) is 34.5 Å². The van der Waals surface area contributed by atoms with Gasteiger partial charge in [-0.1, -0.05) is 43.9 Å². The molecule has 0 fully saturated rings. The van der Waals surface area contributed by atoms with Gasteiger partial charge in [0.05, 0.1) is 0 Å². The lowest BCUT2D eigenvalue weighted by Crippen LogP contribution is -2.21. The lowest BCUT2D eigenvalue weighted by molar-refractivity contribution is -0.113. The molecule has 0 saturated heterocycles. The number of aryl methyl sites for hydroxylation is 1. The van der Waals surface area contributed by atoms with Crippen molar-refractivity contribution in [3.8, 4) is 0 Å². The Labute approximate surface area is 213 Å². The van der Waals surface area contributed by atoms with E-state index < -0.39 is 6.43 Å². The molecule has 36 heavy (non-hydrogen) atoms. The van der Waals surface area contributed by atoms with Gasteiger partial charge in [0.1, 0.15) is 0 Å². The number of guanidine groups is 1. The summed E-state index contributed by atoms with van der Waals surface area (Å²) in [7, 11) is 1.97. The van der Waals surface area contributed by atoms with E-state index >= 15 is 0 Å². The van der Waals surface area contributed by atoms with Gasteiger partial charge >= 0.3 is 0 Å². The number of halogens is 2. The molecule has 0 radical (unpaired) electrons. The second-order valence-corrected chi connectivity index (χ2v) is 8.67. The zero-order valence-corrected chi connectivity index (χ0v) is 21.9. The third kappa shape index (κ3) is 7.44. The molecule has 7 heteroatoms. The largest absolute Gasteiger partial charge is 0.370 e. The van der Waals surface area contributed by atoms with Crippen LogP contribution in [0.3, 0.4) is 0 Å². The molecular formula is C29H36F2N4O. The molecule has 2 rings (SSSR count). The number of benzene rings is 1. The number of Topliss-reactive ketones (excluding diaryl/α,β-unsaturated/α-hetero) is 1. The van der Waals surface area contributed by atoms with Crippen LogP contribution in [0, 0.1) is 0 Å². The number of alkyl halides is 2. The van der Waals surface area contributed by atoms with Crippen molar-refractivity contribution in [3.05, 3.63) is 88.3 Å². The molecule has 0 bridgehead atoms. The molecular weight excluding hydrogens is 458 g/mol. The van der Waals surface area contributed by atoms with Crippen molar-refractivity contribution in [3.63, 3.8) is 0 Å². The summed E-state index contributed by atoms with van der Waals surface area (Å²) in [5.41, 5.74) is 6.17. The summed E-state index contributed by atoms with van der Waals surface area (Å²) in [5.74, 6) is 0.0667. The van der Waals surface area contributed by atoms with Crippen molar-refractivity contribution >= 4 is 24.2 Å². The van der Waals surface area contributed by atoms with E-state index in [-0.39, 0.29) is 23.7 Å². The van der Waals surface area contributed by atoms with Crippen LogP contribution in [-0.4, -0.2) is 36.8 Å². The second-order valence-electron chi connectivity index (χ2n) is 8.67. The minimum atomic E-state index is -2.65. The fraction of sp³-hybridized carbons (Fsp3) is 0.345. The second kappa shape index (κ2) is 13.5. The topological polar surface area (TPSA) is 57.1 Å². The van der Waals surface area contributed by atoms with Crippen LogP contribution in [0.15, 0.2) is 81.6 Å². The van der Waals surface area contributed by atoms with Gasteiger partial charge in [-0.05, 0) is 75.1 Å². The van der Waals surface area contributed by atoms with Crippen LogP contribution in [0.4, 0.5) is 8.78 Å². The van der Waals surface area contributed by atoms with Crippen LogP contribution in [-0.2, 0) is 17.8 Å². The molecule has 1 aromatic rings. The highest BCUT2D eigenvalue weighted by Gasteiger charge is 2.22. The van der Waals surface area contributed by atoms with Crippen molar-refractivity contribution in [2.24, 2.45) is 9.98 Å². The molecule has 0 aromatic heterocycles. The number of carbonyl (C=O) groups excluding carboxylic acids is 1. The van der Waals surface area contributed by atoms with Gasteiger partial charge in [-0.25, -0.2) is 18.8 Å². The van der Waals surface area contributed by atoms with Gasteiger partial charge < -0.3 is 10.2 Å². The van der Waals surface area contributed by atoms with Gasteiger partial charge in [-0.3, -0.25) is 4.79 Å². The summed E-state index contributed by atoms with van der Waals surface area (Å²) in [6.45, 7) is 15.5.